The molecule has 0 amide bonds. The second-order valence-electron chi connectivity index (χ2n) is 1.26. The maximum atomic E-state index is 11.2. The Morgan fingerprint density at radius 3 is 1.71 bits per heavy atom. The smallest absolute Gasteiger partial charge is 0.378 e. The molecule has 7 heavy (non-hydrogen) atoms. The quantitative estimate of drug-likeness (QED) is 0.499. The van der Waals surface area contributed by atoms with Crippen LogP contribution in [-0.2, 0) is 0 Å². The maximum Gasteiger partial charge on any atom is 0.378 e. The van der Waals surface area contributed by atoms with Crippen molar-refractivity contribution in [1.82, 2.24) is 0 Å². The van der Waals surface area contributed by atoms with Crippen LogP contribution in [-0.4, -0.2) is 22.4 Å². The first-order chi connectivity index (χ1) is 2.94. The minimum Gasteiger partial charge on any atom is -0.384 e. The van der Waals surface area contributed by atoms with Crippen molar-refractivity contribution < 1.29 is 19.0 Å². The second kappa shape index (κ2) is 1.71. The number of halogens is 2. The molecule has 2 nitrogen and oxygen atoms in total. The normalized spacial score (nSPS) is 16.7. The lowest BCUT2D eigenvalue weighted by Crippen LogP contribution is -2.29. The highest BCUT2D eigenvalue weighted by molar-refractivity contribution is 4.54. The first-order valence-corrected chi connectivity index (χ1v) is 1.73. The molecule has 0 saturated carbocycles. The van der Waals surface area contributed by atoms with E-state index in [0.29, 0.717) is 0 Å². The van der Waals surface area contributed by atoms with Crippen LogP contribution >= 0.6 is 0 Å². The lowest BCUT2D eigenvalue weighted by atomic mass is 10.4. The molecule has 0 rings (SSSR count). The largest absolute Gasteiger partial charge is 0.384 e. The van der Waals surface area contributed by atoms with Crippen molar-refractivity contribution in [3.05, 3.63) is 0 Å². The topological polar surface area (TPSA) is 40.5 Å². The van der Waals surface area contributed by atoms with Gasteiger partial charge in [-0.25, -0.2) is 0 Å². The Morgan fingerprint density at radius 1 is 1.57 bits per heavy atom. The van der Waals surface area contributed by atoms with Gasteiger partial charge in [0.25, 0.3) is 0 Å². The van der Waals surface area contributed by atoms with Crippen LogP contribution in [0.2, 0.25) is 0 Å². The molecule has 0 aliphatic rings. The van der Waals surface area contributed by atoms with Gasteiger partial charge in [0.05, 0.1) is 0 Å². The van der Waals surface area contributed by atoms with Crippen LogP contribution in [0, 0.1) is 0 Å². The van der Waals surface area contributed by atoms with E-state index in [1.807, 2.05) is 0 Å². The fourth-order valence-corrected chi connectivity index (χ4v) is 0. The number of aliphatic hydroxyl groups is 2. The highest BCUT2D eigenvalue weighted by atomic mass is 19.3. The summed E-state index contributed by atoms with van der Waals surface area (Å²) >= 11 is 0. The minimum absolute atomic E-state index is 0.806. The van der Waals surface area contributed by atoms with Crippen LogP contribution in [0.1, 0.15) is 6.92 Å². The molecule has 0 aromatic rings. The third kappa shape index (κ3) is 2.47. The number of hydrogen-bond donors (Lipinski definition) is 2. The molecule has 0 aliphatic heterocycles. The molecule has 4 heteroatoms. The van der Waals surface area contributed by atoms with Gasteiger partial charge in [-0.1, -0.05) is 0 Å². The SMILES string of the molecule is C[C@@H](O)C(O)(F)F. The van der Waals surface area contributed by atoms with Crippen LogP contribution in [0.3, 0.4) is 0 Å². The fraction of sp³-hybridized carbons (Fsp3) is 1.00. The Hall–Kier alpha value is -0.220. The molecule has 0 unspecified atom stereocenters. The van der Waals surface area contributed by atoms with Gasteiger partial charge in [-0.3, -0.25) is 0 Å². The molecule has 0 bridgehead atoms. The van der Waals surface area contributed by atoms with Crippen molar-refractivity contribution in [2.24, 2.45) is 0 Å². The molecule has 0 fully saturated rings. The predicted molar refractivity (Wildman–Crippen MR) is 18.8 cm³/mol. The molecule has 0 aromatic heterocycles. The number of alkyl halides is 2. The molecule has 44 valence electrons. The van der Waals surface area contributed by atoms with Gasteiger partial charge in [-0.2, -0.15) is 8.78 Å². The fourth-order valence-electron chi connectivity index (χ4n) is 0. The number of aliphatic hydroxyl groups excluding tert-OH is 1. The van der Waals surface area contributed by atoms with E-state index in [0.717, 1.165) is 6.92 Å². The lowest BCUT2D eigenvalue weighted by Gasteiger charge is -2.09. The van der Waals surface area contributed by atoms with Gasteiger partial charge in [-0.05, 0) is 6.92 Å². The molecular formula is C3H6F2O2. The summed E-state index contributed by atoms with van der Waals surface area (Å²) in [5.74, 6) is 0. The van der Waals surface area contributed by atoms with Crippen LogP contribution in [0.15, 0.2) is 0 Å². The zero-order valence-electron chi connectivity index (χ0n) is 3.73. The third-order valence-corrected chi connectivity index (χ3v) is 0.503. The van der Waals surface area contributed by atoms with Gasteiger partial charge in [0.15, 0.2) is 0 Å². The summed E-state index contributed by atoms with van der Waals surface area (Å²) in [6.45, 7) is 0.806. The molecule has 0 radical (unpaired) electrons. The molecule has 1 atom stereocenters. The van der Waals surface area contributed by atoms with Gasteiger partial charge >= 0.3 is 6.11 Å². The van der Waals surface area contributed by atoms with Gasteiger partial charge in [0.2, 0.25) is 0 Å². The molecule has 0 saturated heterocycles. The van der Waals surface area contributed by atoms with Crippen molar-refractivity contribution in [2.45, 2.75) is 19.1 Å². The van der Waals surface area contributed by atoms with E-state index < -0.39 is 12.2 Å². The Morgan fingerprint density at radius 2 is 1.71 bits per heavy atom. The predicted octanol–water partition coefficient (Wildman–Crippen LogP) is -0.0477. The summed E-state index contributed by atoms with van der Waals surface area (Å²) in [7, 11) is 0. The zero-order chi connectivity index (χ0) is 6.08. The highest BCUT2D eigenvalue weighted by Gasteiger charge is 2.30. The van der Waals surface area contributed by atoms with E-state index in [1.54, 1.807) is 0 Å². The maximum absolute atomic E-state index is 11.2. The third-order valence-electron chi connectivity index (χ3n) is 0.503. The van der Waals surface area contributed by atoms with Crippen molar-refractivity contribution in [2.75, 3.05) is 0 Å². The van der Waals surface area contributed by atoms with Crippen LogP contribution in [0.4, 0.5) is 8.78 Å². The Balaban J connectivity index is 3.54. The molecule has 0 spiro atoms. The Bertz CT molecular complexity index is 56.4. The van der Waals surface area contributed by atoms with E-state index in [-0.39, 0.29) is 0 Å². The van der Waals surface area contributed by atoms with Crippen LogP contribution in [0.25, 0.3) is 0 Å². The molecule has 0 aromatic carbocycles. The van der Waals surface area contributed by atoms with Gasteiger partial charge in [0, 0.05) is 0 Å². The number of hydrogen-bond acceptors (Lipinski definition) is 2. The van der Waals surface area contributed by atoms with Gasteiger partial charge < -0.3 is 10.2 Å². The van der Waals surface area contributed by atoms with Crippen LogP contribution < -0.4 is 0 Å². The summed E-state index contributed by atoms with van der Waals surface area (Å²) in [5, 5.41) is 15.4. The lowest BCUT2D eigenvalue weighted by molar-refractivity contribution is -0.253. The highest BCUT2D eigenvalue weighted by Crippen LogP contribution is 2.11. The second-order valence-corrected chi connectivity index (χ2v) is 1.26. The molecule has 2 N–H and O–H groups in total. The summed E-state index contributed by atoms with van der Waals surface area (Å²) in [5.41, 5.74) is 0. The van der Waals surface area contributed by atoms with E-state index >= 15 is 0 Å². The van der Waals surface area contributed by atoms with Crippen molar-refractivity contribution >= 4 is 0 Å². The summed E-state index contributed by atoms with van der Waals surface area (Å²) in [6.07, 6.45) is -5.92. The summed E-state index contributed by atoms with van der Waals surface area (Å²) in [6, 6.07) is 0. The van der Waals surface area contributed by atoms with E-state index in [4.69, 9.17) is 10.2 Å². The Kier molecular flexibility index (Phi) is 1.66. The van der Waals surface area contributed by atoms with E-state index in [9.17, 15) is 8.78 Å². The first kappa shape index (κ1) is 6.78. The van der Waals surface area contributed by atoms with Gasteiger partial charge in [0.1, 0.15) is 6.10 Å². The van der Waals surface area contributed by atoms with Crippen molar-refractivity contribution in [1.29, 1.82) is 0 Å². The number of rotatable bonds is 1. The molecule has 0 heterocycles. The van der Waals surface area contributed by atoms with E-state index in [1.165, 1.54) is 0 Å². The van der Waals surface area contributed by atoms with E-state index in [2.05, 4.69) is 0 Å². The Labute approximate surface area is 39.4 Å². The molecular weight excluding hydrogens is 106 g/mol. The van der Waals surface area contributed by atoms with Crippen molar-refractivity contribution in [3.8, 4) is 0 Å². The zero-order valence-corrected chi connectivity index (χ0v) is 3.73. The molecule has 0 aliphatic carbocycles. The average molecular weight is 112 g/mol. The monoisotopic (exact) mass is 112 g/mol. The standard InChI is InChI=1S/C3H6F2O2/c1-2(6)3(4,5)7/h2,6-7H,1H3/t2-/m1/s1. The van der Waals surface area contributed by atoms with Crippen LogP contribution in [0.5, 0.6) is 0 Å². The minimum atomic E-state index is -3.94. The summed E-state index contributed by atoms with van der Waals surface area (Å²) < 4.78 is 22.3. The van der Waals surface area contributed by atoms with Gasteiger partial charge in [-0.15, -0.1) is 0 Å². The first-order valence-electron chi connectivity index (χ1n) is 1.73. The average Bonchev–Trinajstić information content (AvgIpc) is 1.31. The van der Waals surface area contributed by atoms with Crippen molar-refractivity contribution in [3.63, 3.8) is 0 Å². The summed E-state index contributed by atoms with van der Waals surface area (Å²) in [4.78, 5) is 0.